The number of rotatable bonds is 4. The second-order valence-corrected chi connectivity index (χ2v) is 6.45. The summed E-state index contributed by atoms with van der Waals surface area (Å²) in [6, 6.07) is 10.5. The first kappa shape index (κ1) is 17.1. The van der Waals surface area contributed by atoms with Crippen molar-refractivity contribution in [2.45, 2.75) is 19.9 Å². The van der Waals surface area contributed by atoms with Gasteiger partial charge >= 0.3 is 0 Å². The smallest absolute Gasteiger partial charge is 0.267 e. The Morgan fingerprint density at radius 2 is 1.78 bits per heavy atom. The van der Waals surface area contributed by atoms with Gasteiger partial charge in [-0.05, 0) is 61.8 Å². The monoisotopic (exact) mass is 347 g/mol. The molecular formula is C16H17N3O2S2. The van der Waals surface area contributed by atoms with Gasteiger partial charge in [-0.15, -0.1) is 11.3 Å². The molecule has 0 spiro atoms. The molecule has 0 saturated carbocycles. The molecule has 1 aromatic heterocycles. The van der Waals surface area contributed by atoms with Crippen molar-refractivity contribution in [1.82, 2.24) is 10.6 Å². The lowest BCUT2D eigenvalue weighted by Gasteiger charge is -2.11. The van der Waals surface area contributed by atoms with Crippen molar-refractivity contribution in [2.75, 3.05) is 5.32 Å². The van der Waals surface area contributed by atoms with E-state index in [1.807, 2.05) is 19.2 Å². The van der Waals surface area contributed by atoms with Crippen LogP contribution in [0, 0.1) is 0 Å². The van der Waals surface area contributed by atoms with Gasteiger partial charge in [0.05, 0.1) is 4.88 Å². The molecule has 1 aromatic carbocycles. The predicted molar refractivity (Wildman–Crippen MR) is 97.1 cm³/mol. The number of anilines is 1. The first-order valence-electron chi connectivity index (χ1n) is 7.02. The van der Waals surface area contributed by atoms with E-state index < -0.39 is 0 Å². The number of benzene rings is 1. The molecule has 3 N–H and O–H groups in total. The van der Waals surface area contributed by atoms with Gasteiger partial charge in [0.1, 0.15) is 0 Å². The fourth-order valence-corrected chi connectivity index (χ4v) is 2.61. The zero-order valence-electron chi connectivity index (χ0n) is 12.8. The normalized spacial score (nSPS) is 10.2. The Labute approximate surface area is 144 Å². The molecule has 0 aliphatic carbocycles. The number of carbonyl (C=O) groups excluding carboxylic acids is 2. The summed E-state index contributed by atoms with van der Waals surface area (Å²) in [6.07, 6.45) is 0. The maximum Gasteiger partial charge on any atom is 0.267 e. The van der Waals surface area contributed by atoms with Gasteiger partial charge < -0.3 is 10.6 Å². The molecular weight excluding hydrogens is 330 g/mol. The summed E-state index contributed by atoms with van der Waals surface area (Å²) in [5, 5.41) is 10.4. The minimum Gasteiger partial charge on any atom is -0.350 e. The van der Waals surface area contributed by atoms with E-state index >= 15 is 0 Å². The fraction of sp³-hybridized carbons (Fsp3) is 0.188. The molecule has 0 atom stereocenters. The standard InChI is InChI=1S/C16H17N3O2S2/c1-10(2)17-14(20)11-5-7-12(8-6-11)18-16(22)19-15(21)13-4-3-9-23-13/h3-10H,1-2H3,(H,17,20)(H2,18,19,21,22). The first-order valence-corrected chi connectivity index (χ1v) is 8.31. The Hall–Kier alpha value is -2.25. The number of hydrogen-bond acceptors (Lipinski definition) is 4. The molecule has 5 nitrogen and oxygen atoms in total. The molecule has 120 valence electrons. The molecule has 23 heavy (non-hydrogen) atoms. The molecule has 0 aliphatic heterocycles. The number of thiophene rings is 1. The molecule has 2 rings (SSSR count). The van der Waals surface area contributed by atoms with Crippen LogP contribution in [0.2, 0.25) is 0 Å². The Morgan fingerprint density at radius 1 is 1.09 bits per heavy atom. The van der Waals surface area contributed by atoms with Crippen molar-refractivity contribution in [1.29, 1.82) is 0 Å². The van der Waals surface area contributed by atoms with E-state index in [4.69, 9.17) is 12.2 Å². The zero-order valence-corrected chi connectivity index (χ0v) is 14.4. The quantitative estimate of drug-likeness (QED) is 0.744. The predicted octanol–water partition coefficient (Wildman–Crippen LogP) is 3.01. The van der Waals surface area contributed by atoms with Crippen LogP contribution in [0.1, 0.15) is 33.9 Å². The van der Waals surface area contributed by atoms with Crippen LogP contribution >= 0.6 is 23.6 Å². The van der Waals surface area contributed by atoms with Crippen LogP contribution in [-0.4, -0.2) is 23.0 Å². The largest absolute Gasteiger partial charge is 0.350 e. The van der Waals surface area contributed by atoms with Crippen LogP contribution in [0.15, 0.2) is 41.8 Å². The SMILES string of the molecule is CC(C)NC(=O)c1ccc(NC(=S)NC(=O)c2cccs2)cc1. The highest BCUT2D eigenvalue weighted by molar-refractivity contribution is 7.80. The van der Waals surface area contributed by atoms with Crippen LogP contribution in [0.5, 0.6) is 0 Å². The molecule has 0 saturated heterocycles. The van der Waals surface area contributed by atoms with Gasteiger partial charge in [0.15, 0.2) is 5.11 Å². The lowest BCUT2D eigenvalue weighted by atomic mass is 10.2. The van der Waals surface area contributed by atoms with Crippen molar-refractivity contribution in [3.63, 3.8) is 0 Å². The summed E-state index contributed by atoms with van der Waals surface area (Å²) in [7, 11) is 0. The van der Waals surface area contributed by atoms with Crippen LogP contribution in [0.4, 0.5) is 5.69 Å². The molecule has 0 aliphatic rings. The van der Waals surface area contributed by atoms with E-state index in [2.05, 4.69) is 16.0 Å². The lowest BCUT2D eigenvalue weighted by molar-refractivity contribution is 0.0941. The summed E-state index contributed by atoms with van der Waals surface area (Å²) >= 11 is 6.46. The maximum absolute atomic E-state index is 11.9. The third kappa shape index (κ3) is 5.15. The van der Waals surface area contributed by atoms with E-state index in [9.17, 15) is 9.59 Å². The lowest BCUT2D eigenvalue weighted by Crippen LogP contribution is -2.33. The van der Waals surface area contributed by atoms with Gasteiger partial charge in [0.25, 0.3) is 11.8 Å². The van der Waals surface area contributed by atoms with Crippen molar-refractivity contribution in [3.05, 3.63) is 52.2 Å². The third-order valence-electron chi connectivity index (χ3n) is 2.80. The summed E-state index contributed by atoms with van der Waals surface area (Å²) in [4.78, 5) is 24.3. The van der Waals surface area contributed by atoms with Gasteiger partial charge in [-0.1, -0.05) is 6.07 Å². The number of carbonyl (C=O) groups is 2. The van der Waals surface area contributed by atoms with E-state index in [1.54, 1.807) is 36.4 Å². The first-order chi connectivity index (χ1) is 11.0. The van der Waals surface area contributed by atoms with E-state index in [0.717, 1.165) is 0 Å². The molecule has 0 radical (unpaired) electrons. The second kappa shape index (κ2) is 7.85. The summed E-state index contributed by atoms with van der Waals surface area (Å²) in [5.41, 5.74) is 1.26. The molecule has 0 fully saturated rings. The van der Waals surface area contributed by atoms with Gasteiger partial charge in [0, 0.05) is 17.3 Å². The molecule has 0 bridgehead atoms. The van der Waals surface area contributed by atoms with Gasteiger partial charge in [0.2, 0.25) is 0 Å². The summed E-state index contributed by atoms with van der Waals surface area (Å²) in [6.45, 7) is 3.81. The van der Waals surface area contributed by atoms with Gasteiger partial charge in [-0.2, -0.15) is 0 Å². The van der Waals surface area contributed by atoms with Crippen LogP contribution in [0.3, 0.4) is 0 Å². The van der Waals surface area contributed by atoms with E-state index in [0.29, 0.717) is 16.1 Å². The Balaban J connectivity index is 1.91. The van der Waals surface area contributed by atoms with Crippen molar-refractivity contribution < 1.29 is 9.59 Å². The van der Waals surface area contributed by atoms with E-state index in [1.165, 1.54) is 11.3 Å². The van der Waals surface area contributed by atoms with Crippen LogP contribution in [-0.2, 0) is 0 Å². The highest BCUT2D eigenvalue weighted by Crippen LogP contribution is 2.11. The molecule has 2 aromatic rings. The fourth-order valence-electron chi connectivity index (χ4n) is 1.79. The van der Waals surface area contributed by atoms with Crippen LogP contribution in [0.25, 0.3) is 0 Å². The van der Waals surface area contributed by atoms with Crippen molar-refractivity contribution in [2.24, 2.45) is 0 Å². The Kier molecular flexibility index (Phi) is 5.84. The molecule has 1 heterocycles. The number of hydrogen-bond donors (Lipinski definition) is 3. The number of nitrogens with one attached hydrogen (secondary N) is 3. The molecule has 2 amide bonds. The maximum atomic E-state index is 11.9. The van der Waals surface area contributed by atoms with Gasteiger partial charge in [-0.3, -0.25) is 14.9 Å². The third-order valence-corrected chi connectivity index (χ3v) is 3.87. The van der Waals surface area contributed by atoms with Crippen LogP contribution < -0.4 is 16.0 Å². The Bertz CT molecular complexity index is 695. The highest BCUT2D eigenvalue weighted by Gasteiger charge is 2.09. The molecule has 7 heteroatoms. The minimum atomic E-state index is -0.245. The van der Waals surface area contributed by atoms with Gasteiger partial charge in [-0.25, -0.2) is 0 Å². The van der Waals surface area contributed by atoms with Crippen molar-refractivity contribution >= 4 is 46.2 Å². The van der Waals surface area contributed by atoms with Crippen molar-refractivity contribution in [3.8, 4) is 0 Å². The Morgan fingerprint density at radius 3 is 2.35 bits per heavy atom. The average molecular weight is 347 g/mol. The number of thiocarbonyl (C=S) groups is 1. The topological polar surface area (TPSA) is 70.2 Å². The highest BCUT2D eigenvalue weighted by atomic mass is 32.1. The molecule has 0 unspecified atom stereocenters. The average Bonchev–Trinajstić information content (AvgIpc) is 3.01. The zero-order chi connectivity index (χ0) is 16.8. The number of amides is 2. The minimum absolute atomic E-state index is 0.0837. The summed E-state index contributed by atoms with van der Waals surface area (Å²) in [5.74, 6) is -0.370. The second-order valence-electron chi connectivity index (χ2n) is 5.09. The van der Waals surface area contributed by atoms with E-state index in [-0.39, 0.29) is 23.0 Å². The summed E-state index contributed by atoms with van der Waals surface area (Å²) < 4.78 is 0.